The van der Waals surface area contributed by atoms with Crippen molar-refractivity contribution in [3.8, 4) is 0 Å². The molecule has 398 valence electrons. The van der Waals surface area contributed by atoms with Crippen LogP contribution in [0, 0.1) is 0 Å². The van der Waals surface area contributed by atoms with Crippen molar-refractivity contribution in [3.05, 3.63) is 24.3 Å². The minimum Gasteiger partial charge on any atom is -0.463 e. The van der Waals surface area contributed by atoms with Crippen LogP contribution in [-0.4, -0.2) is 144 Å². The van der Waals surface area contributed by atoms with Crippen LogP contribution in [-0.2, 0) is 52.4 Å². The first-order valence-corrected chi connectivity index (χ1v) is 26.8. The van der Waals surface area contributed by atoms with Gasteiger partial charge in [-0.15, -0.1) is 0 Å². The number of likely N-dealkylation sites (tertiary alicyclic amines) is 2. The number of nitrogens with one attached hydrogen (secondary N) is 2. The van der Waals surface area contributed by atoms with E-state index in [2.05, 4.69) is 34.3 Å². The summed E-state index contributed by atoms with van der Waals surface area (Å²) in [6, 6.07) is 0. The van der Waals surface area contributed by atoms with Gasteiger partial charge in [0.15, 0.2) is 0 Å². The summed E-state index contributed by atoms with van der Waals surface area (Å²) in [4.78, 5) is 79.5. The summed E-state index contributed by atoms with van der Waals surface area (Å²) in [6.07, 6.45) is 27.1. The van der Waals surface area contributed by atoms with E-state index in [1.54, 1.807) is 0 Å². The van der Waals surface area contributed by atoms with E-state index in [1.807, 2.05) is 31.4 Å². The Kier molecular flexibility index (Phi) is 42.3. The Morgan fingerprint density at radius 1 is 0.522 bits per heavy atom. The number of carbonyl (C=O) groups is 6. The summed E-state index contributed by atoms with van der Waals surface area (Å²) in [6.45, 7) is 13.1. The molecule has 16 nitrogen and oxygen atoms in total. The maximum atomic E-state index is 13.2. The largest absolute Gasteiger partial charge is 0.463 e. The van der Waals surface area contributed by atoms with Crippen LogP contribution in [0.15, 0.2) is 24.3 Å². The van der Waals surface area contributed by atoms with E-state index in [1.165, 1.54) is 103 Å². The number of amides is 1. The monoisotopic (exact) mass is 979 g/mol. The summed E-state index contributed by atoms with van der Waals surface area (Å²) >= 11 is 0. The molecule has 2 N–H and O–H groups in total. The number of hydrogen-bond acceptors (Lipinski definition) is 15. The molecule has 0 spiro atoms. The number of allylic oxidation sites excluding steroid dienone is 2. The van der Waals surface area contributed by atoms with Crippen LogP contribution in [0.2, 0.25) is 0 Å². The van der Waals surface area contributed by atoms with Gasteiger partial charge in [-0.05, 0) is 168 Å². The third-order valence-electron chi connectivity index (χ3n) is 11.9. The van der Waals surface area contributed by atoms with Gasteiger partial charge in [-0.2, -0.15) is 0 Å². The zero-order valence-corrected chi connectivity index (χ0v) is 43.2. The molecule has 2 aliphatic rings. The molecule has 2 fully saturated rings. The number of esters is 4. The molecule has 2 atom stereocenters. The van der Waals surface area contributed by atoms with Crippen molar-refractivity contribution in [2.45, 2.75) is 193 Å². The topological polar surface area (TPSA) is 188 Å². The molecule has 2 aliphatic heterocycles. The van der Waals surface area contributed by atoms with Crippen LogP contribution in [0.1, 0.15) is 181 Å². The number of rotatable bonds is 42. The minimum absolute atomic E-state index is 0.0262. The molecule has 0 aromatic rings. The Morgan fingerprint density at radius 2 is 0.986 bits per heavy atom. The van der Waals surface area contributed by atoms with Crippen molar-refractivity contribution < 1.29 is 57.2 Å². The lowest BCUT2D eigenvalue weighted by molar-refractivity contribution is -0.179. The molecule has 0 aromatic heterocycles. The van der Waals surface area contributed by atoms with Crippen LogP contribution < -0.4 is 10.6 Å². The zero-order valence-electron chi connectivity index (χ0n) is 43.2. The van der Waals surface area contributed by atoms with Gasteiger partial charge in [-0.1, -0.05) is 76.7 Å². The second kappa shape index (κ2) is 46.4. The van der Waals surface area contributed by atoms with E-state index in [-0.39, 0.29) is 64.2 Å². The molecule has 2 rings (SSSR count). The molecule has 0 radical (unpaired) electrons. The first-order valence-electron chi connectivity index (χ1n) is 26.8. The van der Waals surface area contributed by atoms with Gasteiger partial charge in [0.1, 0.15) is 13.2 Å². The summed E-state index contributed by atoms with van der Waals surface area (Å²) in [5.74, 6) is -2.80. The Balaban J connectivity index is 0.00000188. The van der Waals surface area contributed by atoms with Crippen molar-refractivity contribution in [1.82, 2.24) is 20.4 Å². The fourth-order valence-electron chi connectivity index (χ4n) is 7.78. The Labute approximate surface area is 416 Å². The molecule has 69 heavy (non-hydrogen) atoms. The Morgan fingerprint density at radius 3 is 1.45 bits per heavy atom. The number of carbonyl (C=O) groups excluding carboxylic acids is 6. The number of alkyl carbamates (subject to hydrolysis) is 1. The smallest absolute Gasteiger partial charge is 0.408 e. The maximum absolute atomic E-state index is 13.2. The number of nitrogens with zero attached hydrogens (tertiary/aromatic N) is 2. The van der Waals surface area contributed by atoms with Crippen molar-refractivity contribution in [1.29, 1.82) is 0 Å². The average molecular weight is 979 g/mol. The molecule has 2 unspecified atom stereocenters. The van der Waals surface area contributed by atoms with Crippen LogP contribution in [0.25, 0.3) is 0 Å². The number of hydrogen-bond donors (Lipinski definition) is 2. The quantitative estimate of drug-likeness (QED) is 0.0194. The first kappa shape index (κ1) is 63.0. The van der Waals surface area contributed by atoms with E-state index < -0.39 is 30.2 Å². The van der Waals surface area contributed by atoms with Gasteiger partial charge in [-0.3, -0.25) is 14.4 Å². The third kappa shape index (κ3) is 37.5. The summed E-state index contributed by atoms with van der Waals surface area (Å²) in [7, 11) is 2.02. The van der Waals surface area contributed by atoms with Crippen molar-refractivity contribution in [2.24, 2.45) is 0 Å². The summed E-state index contributed by atoms with van der Waals surface area (Å²) in [5, 5.41) is 5.76. The highest BCUT2D eigenvalue weighted by Crippen LogP contribution is 2.14. The predicted molar refractivity (Wildman–Crippen MR) is 270 cm³/mol. The molecule has 0 aliphatic carbocycles. The van der Waals surface area contributed by atoms with Gasteiger partial charge in [0.2, 0.25) is 12.2 Å². The minimum atomic E-state index is -1.92. The van der Waals surface area contributed by atoms with Gasteiger partial charge in [0.25, 0.3) is 6.47 Å². The normalized spacial score (nSPS) is 14.8. The van der Waals surface area contributed by atoms with Gasteiger partial charge < -0.3 is 48.9 Å². The molecule has 0 aromatic carbocycles. The fourth-order valence-corrected chi connectivity index (χ4v) is 7.78. The highest BCUT2D eigenvalue weighted by molar-refractivity contribution is 5.88. The summed E-state index contributed by atoms with van der Waals surface area (Å²) in [5.41, 5.74) is 0. The second-order valence-corrected chi connectivity index (χ2v) is 18.0. The van der Waals surface area contributed by atoms with Crippen LogP contribution in [0.3, 0.4) is 0 Å². The lowest BCUT2D eigenvalue weighted by atomic mass is 10.1. The Bertz CT molecular complexity index is 1370. The van der Waals surface area contributed by atoms with Crippen LogP contribution in [0.4, 0.5) is 4.79 Å². The lowest BCUT2D eigenvalue weighted by Crippen LogP contribution is -2.48. The first-order chi connectivity index (χ1) is 33.7. The molecule has 0 bridgehead atoms. The second-order valence-electron chi connectivity index (χ2n) is 18.0. The van der Waals surface area contributed by atoms with E-state index in [0.717, 1.165) is 51.7 Å². The fraction of sp³-hybridized carbons (Fsp3) is 0.811. The SMILES string of the molecule is CCCCCC/C=C\COC(=O)CCCCCOC(=O)C(OC=O)C(OC(=O)NCCCCN1CCCC1)C(=O)OCCCCCC(=O)OC/C=C\CCCCCC.CNCCCCN1CCCC1. The standard InChI is InChI=1S/C44H74N2O12.C9H20N2/c1-3-5-7-9-11-13-23-33-53-38(48)27-17-15-25-35-55-42(50)40(57-37-47)41(58-44(52)45-29-19-20-30-46-31-21-22-32-46)43(51)56-36-26-16-18-28-39(49)54-34-24-14-12-10-8-6-4-2;1-10-6-2-3-7-11-8-4-5-9-11/h13-14,23-24,37,40-41H,3-12,15-22,25-36H2,1-2H3,(H,45,52);10H,2-9H2,1H3/b23-13-,24-14-;. The van der Waals surface area contributed by atoms with Gasteiger partial charge in [-0.25, -0.2) is 14.4 Å². The van der Waals surface area contributed by atoms with Crippen LogP contribution >= 0.6 is 0 Å². The van der Waals surface area contributed by atoms with Crippen molar-refractivity contribution >= 4 is 36.4 Å². The zero-order chi connectivity index (χ0) is 50.3. The van der Waals surface area contributed by atoms with E-state index in [0.29, 0.717) is 44.9 Å². The third-order valence-corrected chi connectivity index (χ3v) is 11.9. The van der Waals surface area contributed by atoms with Gasteiger partial charge in [0, 0.05) is 19.4 Å². The maximum Gasteiger partial charge on any atom is 0.408 e. The van der Waals surface area contributed by atoms with Crippen LogP contribution in [0.5, 0.6) is 0 Å². The summed E-state index contributed by atoms with van der Waals surface area (Å²) < 4.78 is 31.3. The molecular weight excluding hydrogens is 885 g/mol. The predicted octanol–water partition coefficient (Wildman–Crippen LogP) is 8.93. The van der Waals surface area contributed by atoms with E-state index in [4.69, 9.17) is 28.4 Å². The van der Waals surface area contributed by atoms with Gasteiger partial charge in [0.05, 0.1) is 13.2 Å². The Hall–Kier alpha value is -4.02. The average Bonchev–Trinajstić information content (AvgIpc) is 4.08. The molecule has 1 amide bonds. The number of ether oxygens (including phenoxy) is 6. The highest BCUT2D eigenvalue weighted by Gasteiger charge is 2.41. The molecule has 2 heterocycles. The lowest BCUT2D eigenvalue weighted by Gasteiger charge is -2.23. The number of unbranched alkanes of at least 4 members (excludes halogenated alkanes) is 14. The van der Waals surface area contributed by atoms with Crippen molar-refractivity contribution in [2.75, 3.05) is 85.8 Å². The molecular formula is C53H94N4O12. The van der Waals surface area contributed by atoms with E-state index in [9.17, 15) is 28.8 Å². The van der Waals surface area contributed by atoms with Crippen molar-refractivity contribution in [3.63, 3.8) is 0 Å². The molecule has 16 heteroatoms. The molecule has 0 saturated carbocycles. The van der Waals surface area contributed by atoms with Gasteiger partial charge >= 0.3 is 30.0 Å². The van der Waals surface area contributed by atoms with E-state index >= 15 is 0 Å². The highest BCUT2D eigenvalue weighted by atomic mass is 16.6. The molecule has 2 saturated heterocycles.